The summed E-state index contributed by atoms with van der Waals surface area (Å²) >= 11 is 0. The number of hydrogen-bond donors (Lipinski definition) is 1. The maximum atomic E-state index is 9.93. The van der Waals surface area contributed by atoms with Gasteiger partial charge >= 0.3 is 0 Å². The molecule has 1 atom stereocenters. The second-order valence-corrected chi connectivity index (χ2v) is 5.19. The van der Waals surface area contributed by atoms with E-state index in [1.165, 1.54) is 5.56 Å². The summed E-state index contributed by atoms with van der Waals surface area (Å²) in [5.41, 5.74) is 3.33. The van der Waals surface area contributed by atoms with E-state index in [1.807, 2.05) is 30.3 Å². The number of aryl methyl sites for hydroxylation is 1. The molecule has 1 N–H and O–H groups in total. The van der Waals surface area contributed by atoms with Crippen molar-refractivity contribution < 1.29 is 9.84 Å². The zero-order chi connectivity index (χ0) is 13.8. The van der Waals surface area contributed by atoms with Crippen LogP contribution in [0, 0.1) is 0 Å². The number of nitrogens with zero attached hydrogens (tertiary/aromatic N) is 1. The molecule has 0 bridgehead atoms. The van der Waals surface area contributed by atoms with Crippen molar-refractivity contribution in [1.29, 1.82) is 0 Å². The minimum atomic E-state index is -0.304. The molecule has 0 saturated carbocycles. The average molecular weight is 269 g/mol. The van der Waals surface area contributed by atoms with Gasteiger partial charge in [0.15, 0.2) is 0 Å². The smallest absolute Gasteiger partial charge is 0.119 e. The fraction of sp³-hybridized carbons (Fsp3) is 0.353. The summed E-state index contributed by atoms with van der Waals surface area (Å²) < 4.78 is 5.79. The van der Waals surface area contributed by atoms with Gasteiger partial charge in [0, 0.05) is 18.3 Å². The van der Waals surface area contributed by atoms with Gasteiger partial charge in [0.2, 0.25) is 0 Å². The first-order valence-corrected chi connectivity index (χ1v) is 7.16. The predicted molar refractivity (Wildman–Crippen MR) is 77.8 cm³/mol. The van der Waals surface area contributed by atoms with Gasteiger partial charge in [-0.3, -0.25) is 4.98 Å². The molecule has 3 rings (SSSR count). The SMILES string of the molecule is OC1CCCc2cc(OCCc3ccccn3)ccc21. The van der Waals surface area contributed by atoms with Crippen LogP contribution < -0.4 is 4.74 Å². The van der Waals surface area contributed by atoms with Crippen molar-refractivity contribution in [1.82, 2.24) is 4.98 Å². The monoisotopic (exact) mass is 269 g/mol. The van der Waals surface area contributed by atoms with Crippen molar-refractivity contribution in [2.75, 3.05) is 6.61 Å². The average Bonchev–Trinajstić information content (AvgIpc) is 2.48. The third-order valence-corrected chi connectivity index (χ3v) is 3.75. The Morgan fingerprint density at radius 2 is 2.20 bits per heavy atom. The Morgan fingerprint density at radius 3 is 3.05 bits per heavy atom. The maximum Gasteiger partial charge on any atom is 0.119 e. The van der Waals surface area contributed by atoms with E-state index >= 15 is 0 Å². The highest BCUT2D eigenvalue weighted by molar-refractivity contribution is 5.38. The van der Waals surface area contributed by atoms with Crippen LogP contribution >= 0.6 is 0 Å². The van der Waals surface area contributed by atoms with E-state index in [0.29, 0.717) is 6.61 Å². The molecule has 2 aromatic rings. The highest BCUT2D eigenvalue weighted by Crippen LogP contribution is 2.31. The first-order valence-electron chi connectivity index (χ1n) is 7.16. The molecule has 1 aromatic heterocycles. The van der Waals surface area contributed by atoms with Crippen molar-refractivity contribution in [3.05, 3.63) is 59.4 Å². The molecule has 0 fully saturated rings. The molecule has 0 aliphatic heterocycles. The first-order chi connectivity index (χ1) is 9.83. The van der Waals surface area contributed by atoms with Crippen LogP contribution in [0.1, 0.15) is 35.8 Å². The van der Waals surface area contributed by atoms with Gasteiger partial charge in [0.05, 0.1) is 12.7 Å². The fourth-order valence-electron chi connectivity index (χ4n) is 2.67. The minimum Gasteiger partial charge on any atom is -0.493 e. The summed E-state index contributed by atoms with van der Waals surface area (Å²) in [6, 6.07) is 11.9. The topological polar surface area (TPSA) is 42.4 Å². The number of aromatic nitrogens is 1. The van der Waals surface area contributed by atoms with Crippen molar-refractivity contribution in [2.24, 2.45) is 0 Å². The Bertz CT molecular complexity index is 568. The van der Waals surface area contributed by atoms with Crippen LogP contribution in [0.15, 0.2) is 42.6 Å². The highest BCUT2D eigenvalue weighted by Gasteiger charge is 2.17. The summed E-state index contributed by atoms with van der Waals surface area (Å²) in [5, 5.41) is 9.93. The molecule has 0 saturated heterocycles. The van der Waals surface area contributed by atoms with Crippen molar-refractivity contribution in [3.63, 3.8) is 0 Å². The Kier molecular flexibility index (Phi) is 3.97. The third-order valence-electron chi connectivity index (χ3n) is 3.75. The van der Waals surface area contributed by atoms with E-state index in [1.54, 1.807) is 6.20 Å². The predicted octanol–water partition coefficient (Wildman–Crippen LogP) is 3.07. The van der Waals surface area contributed by atoms with E-state index in [2.05, 4.69) is 11.1 Å². The number of pyridine rings is 1. The van der Waals surface area contributed by atoms with Crippen LogP contribution in [0.3, 0.4) is 0 Å². The largest absolute Gasteiger partial charge is 0.493 e. The standard InChI is InChI=1S/C17H19NO2/c19-17-6-3-4-13-12-15(7-8-16(13)17)20-11-9-14-5-1-2-10-18-14/h1-2,5,7-8,10,12,17,19H,3-4,6,9,11H2. The number of fused-ring (bicyclic) bond motifs is 1. The molecule has 0 spiro atoms. The number of aliphatic hydroxyl groups is 1. The van der Waals surface area contributed by atoms with Gasteiger partial charge in [0.25, 0.3) is 0 Å². The van der Waals surface area contributed by atoms with E-state index < -0.39 is 0 Å². The van der Waals surface area contributed by atoms with E-state index in [0.717, 1.165) is 42.7 Å². The molecule has 3 nitrogen and oxygen atoms in total. The number of rotatable bonds is 4. The Hall–Kier alpha value is -1.87. The van der Waals surface area contributed by atoms with E-state index in [4.69, 9.17) is 4.74 Å². The summed E-state index contributed by atoms with van der Waals surface area (Å²) in [7, 11) is 0. The van der Waals surface area contributed by atoms with Gasteiger partial charge in [-0.1, -0.05) is 12.1 Å². The summed E-state index contributed by atoms with van der Waals surface area (Å²) in [4.78, 5) is 4.28. The van der Waals surface area contributed by atoms with E-state index in [9.17, 15) is 5.11 Å². The quantitative estimate of drug-likeness (QED) is 0.927. The first kappa shape index (κ1) is 13.1. The highest BCUT2D eigenvalue weighted by atomic mass is 16.5. The summed E-state index contributed by atoms with van der Waals surface area (Å²) in [6.07, 6.45) is 5.25. The number of aliphatic hydroxyl groups excluding tert-OH is 1. The second-order valence-electron chi connectivity index (χ2n) is 5.19. The van der Waals surface area contributed by atoms with E-state index in [-0.39, 0.29) is 6.10 Å². The van der Waals surface area contributed by atoms with Crippen molar-refractivity contribution in [2.45, 2.75) is 31.8 Å². The normalized spacial score (nSPS) is 17.6. The van der Waals surface area contributed by atoms with Gasteiger partial charge in [-0.15, -0.1) is 0 Å². The van der Waals surface area contributed by atoms with Crippen LogP contribution in [0.5, 0.6) is 5.75 Å². The molecular weight excluding hydrogens is 250 g/mol. The Balaban J connectivity index is 1.61. The number of ether oxygens (including phenoxy) is 1. The summed E-state index contributed by atoms with van der Waals surface area (Å²) in [5.74, 6) is 0.883. The Morgan fingerprint density at radius 1 is 1.25 bits per heavy atom. The molecule has 1 unspecified atom stereocenters. The minimum absolute atomic E-state index is 0.304. The maximum absolute atomic E-state index is 9.93. The van der Waals surface area contributed by atoms with Crippen LogP contribution in [-0.2, 0) is 12.8 Å². The molecule has 1 aliphatic carbocycles. The van der Waals surface area contributed by atoms with Crippen molar-refractivity contribution in [3.8, 4) is 5.75 Å². The Labute approximate surface area is 119 Å². The zero-order valence-corrected chi connectivity index (χ0v) is 11.5. The molecule has 104 valence electrons. The lowest BCUT2D eigenvalue weighted by Gasteiger charge is -2.21. The van der Waals surface area contributed by atoms with Crippen molar-refractivity contribution >= 4 is 0 Å². The molecule has 1 aliphatic rings. The fourth-order valence-corrected chi connectivity index (χ4v) is 2.67. The van der Waals surface area contributed by atoms with Gasteiger partial charge in [-0.05, 0) is 54.7 Å². The molecular formula is C17H19NO2. The molecule has 3 heteroatoms. The lowest BCUT2D eigenvalue weighted by atomic mass is 9.89. The molecule has 20 heavy (non-hydrogen) atoms. The number of benzene rings is 1. The van der Waals surface area contributed by atoms with Crippen LogP contribution in [0.2, 0.25) is 0 Å². The van der Waals surface area contributed by atoms with Crippen LogP contribution in [-0.4, -0.2) is 16.7 Å². The number of hydrogen-bond acceptors (Lipinski definition) is 3. The lowest BCUT2D eigenvalue weighted by molar-refractivity contribution is 0.156. The molecule has 0 amide bonds. The van der Waals surface area contributed by atoms with Gasteiger partial charge in [-0.2, -0.15) is 0 Å². The molecule has 1 aromatic carbocycles. The summed E-state index contributed by atoms with van der Waals surface area (Å²) in [6.45, 7) is 0.623. The van der Waals surface area contributed by atoms with Crippen LogP contribution in [0.4, 0.5) is 0 Å². The van der Waals surface area contributed by atoms with Gasteiger partial charge in [0.1, 0.15) is 5.75 Å². The lowest BCUT2D eigenvalue weighted by Crippen LogP contribution is -2.10. The third kappa shape index (κ3) is 2.99. The van der Waals surface area contributed by atoms with Gasteiger partial charge < -0.3 is 9.84 Å². The molecule has 1 heterocycles. The molecule has 0 radical (unpaired) electrons. The zero-order valence-electron chi connectivity index (χ0n) is 11.5. The van der Waals surface area contributed by atoms with Crippen LogP contribution in [0.25, 0.3) is 0 Å². The second kappa shape index (κ2) is 6.06. The van der Waals surface area contributed by atoms with Gasteiger partial charge in [-0.25, -0.2) is 0 Å².